The van der Waals surface area contributed by atoms with Gasteiger partial charge in [0, 0.05) is 17.7 Å². The fraction of sp³-hybridized carbons (Fsp3) is 0.562. The number of carboxylic acid groups (broad SMARTS) is 1. The van der Waals surface area contributed by atoms with E-state index >= 15 is 0 Å². The van der Waals surface area contributed by atoms with Crippen molar-refractivity contribution in [2.24, 2.45) is 0 Å². The number of benzene rings is 1. The number of rotatable bonds is 5. The van der Waals surface area contributed by atoms with E-state index in [-0.39, 0.29) is 23.9 Å². The number of thioether (sulfide) groups is 1. The van der Waals surface area contributed by atoms with Crippen molar-refractivity contribution < 1.29 is 19.4 Å². The lowest BCUT2D eigenvalue weighted by atomic mass is 10.0. The monoisotopic (exact) mass is 310 g/mol. The lowest BCUT2D eigenvalue weighted by Crippen LogP contribution is -2.36. The molecular formula is C16H22O4S. The van der Waals surface area contributed by atoms with E-state index in [0.717, 1.165) is 23.5 Å². The maximum absolute atomic E-state index is 11.6. The summed E-state index contributed by atoms with van der Waals surface area (Å²) in [4.78, 5) is 12.3. The molecule has 0 spiro atoms. The van der Waals surface area contributed by atoms with Crippen molar-refractivity contribution in [3.05, 3.63) is 23.8 Å². The molecule has 2 rings (SSSR count). The van der Waals surface area contributed by atoms with Gasteiger partial charge >= 0.3 is 5.97 Å². The van der Waals surface area contributed by atoms with Gasteiger partial charge in [-0.25, -0.2) is 4.79 Å². The van der Waals surface area contributed by atoms with Crippen LogP contribution in [-0.4, -0.2) is 35.1 Å². The van der Waals surface area contributed by atoms with Crippen LogP contribution in [0.3, 0.4) is 0 Å². The third-order valence-corrected chi connectivity index (χ3v) is 4.39. The van der Waals surface area contributed by atoms with Crippen LogP contribution < -0.4 is 4.74 Å². The summed E-state index contributed by atoms with van der Waals surface area (Å²) >= 11 is 1.52. The number of ether oxygens (including phenoxy) is 2. The molecule has 1 N–H and O–H groups in total. The molecule has 2 atom stereocenters. The molecule has 1 heterocycles. The van der Waals surface area contributed by atoms with Crippen molar-refractivity contribution in [2.75, 3.05) is 5.75 Å². The molecular weight excluding hydrogens is 288 g/mol. The summed E-state index contributed by atoms with van der Waals surface area (Å²) in [5.74, 6) is 0.358. The Hall–Kier alpha value is -1.20. The summed E-state index contributed by atoms with van der Waals surface area (Å²) in [6.07, 6.45) is 1.85. The van der Waals surface area contributed by atoms with E-state index in [9.17, 15) is 9.90 Å². The number of aromatic carboxylic acids is 1. The summed E-state index contributed by atoms with van der Waals surface area (Å²) in [7, 11) is 0. The molecule has 116 valence electrons. The summed E-state index contributed by atoms with van der Waals surface area (Å²) in [5.41, 5.74) is 0.274. The summed E-state index contributed by atoms with van der Waals surface area (Å²) < 4.78 is 11.7. The normalized spacial score (nSPS) is 25.6. The van der Waals surface area contributed by atoms with Gasteiger partial charge in [-0.15, -0.1) is 11.8 Å². The Bertz CT molecular complexity index is 493. The summed E-state index contributed by atoms with van der Waals surface area (Å²) in [6, 6.07) is 5.43. The Morgan fingerprint density at radius 1 is 1.38 bits per heavy atom. The number of carboxylic acids is 1. The molecule has 1 aliphatic rings. The molecule has 1 aromatic rings. The average molecular weight is 310 g/mol. The Morgan fingerprint density at radius 2 is 2.05 bits per heavy atom. The highest BCUT2D eigenvalue weighted by molar-refractivity contribution is 7.99. The Labute approximate surface area is 129 Å². The second-order valence-electron chi connectivity index (χ2n) is 5.34. The average Bonchev–Trinajstić information content (AvgIpc) is 2.37. The second kappa shape index (κ2) is 7.18. The van der Waals surface area contributed by atoms with Crippen molar-refractivity contribution in [3.8, 4) is 5.75 Å². The SMILES string of the molecule is CCSc1cccc(OC2CC(C)OC(C)C2)c1C(=O)O. The highest BCUT2D eigenvalue weighted by Gasteiger charge is 2.27. The van der Waals surface area contributed by atoms with E-state index in [4.69, 9.17) is 9.47 Å². The molecule has 21 heavy (non-hydrogen) atoms. The van der Waals surface area contributed by atoms with Gasteiger partial charge in [0.2, 0.25) is 0 Å². The van der Waals surface area contributed by atoms with Crippen molar-refractivity contribution in [1.82, 2.24) is 0 Å². The van der Waals surface area contributed by atoms with Gasteiger partial charge in [-0.1, -0.05) is 13.0 Å². The van der Waals surface area contributed by atoms with Gasteiger partial charge in [0.05, 0.1) is 12.2 Å². The fourth-order valence-corrected chi connectivity index (χ4v) is 3.53. The lowest BCUT2D eigenvalue weighted by molar-refractivity contribution is -0.0722. The first-order valence-corrected chi connectivity index (χ1v) is 8.31. The minimum atomic E-state index is -0.935. The molecule has 1 saturated heterocycles. The van der Waals surface area contributed by atoms with Crippen LogP contribution in [0.2, 0.25) is 0 Å². The zero-order valence-corrected chi connectivity index (χ0v) is 13.5. The molecule has 1 aromatic carbocycles. The van der Waals surface area contributed by atoms with Crippen LogP contribution in [-0.2, 0) is 4.74 Å². The van der Waals surface area contributed by atoms with Crippen molar-refractivity contribution in [3.63, 3.8) is 0 Å². The Kier molecular flexibility index (Phi) is 5.53. The van der Waals surface area contributed by atoms with Gasteiger partial charge in [0.15, 0.2) is 0 Å². The third kappa shape index (κ3) is 4.14. The first-order chi connectivity index (χ1) is 10.0. The summed E-state index contributed by atoms with van der Waals surface area (Å²) in [6.45, 7) is 6.05. The second-order valence-corrected chi connectivity index (χ2v) is 6.64. The van der Waals surface area contributed by atoms with E-state index in [1.54, 1.807) is 6.07 Å². The zero-order chi connectivity index (χ0) is 15.4. The zero-order valence-electron chi connectivity index (χ0n) is 12.7. The molecule has 0 bridgehead atoms. The lowest BCUT2D eigenvalue weighted by Gasteiger charge is -2.32. The smallest absolute Gasteiger partial charge is 0.340 e. The molecule has 0 radical (unpaired) electrons. The van der Waals surface area contributed by atoms with Crippen LogP contribution in [0.4, 0.5) is 0 Å². The van der Waals surface area contributed by atoms with Gasteiger partial charge in [-0.3, -0.25) is 0 Å². The van der Waals surface area contributed by atoms with Crippen LogP contribution in [0.1, 0.15) is 44.0 Å². The van der Waals surface area contributed by atoms with Crippen molar-refractivity contribution in [1.29, 1.82) is 0 Å². The predicted molar refractivity (Wildman–Crippen MR) is 83.5 cm³/mol. The van der Waals surface area contributed by atoms with Crippen LogP contribution in [0, 0.1) is 0 Å². The van der Waals surface area contributed by atoms with Gasteiger partial charge < -0.3 is 14.6 Å². The molecule has 1 aliphatic heterocycles. The maximum atomic E-state index is 11.6. The van der Waals surface area contributed by atoms with Crippen LogP contribution >= 0.6 is 11.8 Å². The minimum Gasteiger partial charge on any atom is -0.489 e. The molecule has 1 fully saturated rings. The molecule has 2 unspecified atom stereocenters. The fourth-order valence-electron chi connectivity index (χ4n) is 2.72. The molecule has 0 saturated carbocycles. The number of hydrogen-bond acceptors (Lipinski definition) is 4. The number of carbonyl (C=O) groups is 1. The van der Waals surface area contributed by atoms with Crippen molar-refractivity contribution >= 4 is 17.7 Å². The van der Waals surface area contributed by atoms with Crippen LogP contribution in [0.5, 0.6) is 5.75 Å². The van der Waals surface area contributed by atoms with Crippen LogP contribution in [0.25, 0.3) is 0 Å². The van der Waals surface area contributed by atoms with E-state index in [1.807, 2.05) is 32.9 Å². The standard InChI is InChI=1S/C16H22O4S/c1-4-21-14-7-5-6-13(15(14)16(17)18)20-12-8-10(2)19-11(3)9-12/h5-7,10-12H,4,8-9H2,1-3H3,(H,17,18). The largest absolute Gasteiger partial charge is 0.489 e. The molecule has 0 aliphatic carbocycles. The van der Waals surface area contributed by atoms with E-state index in [1.165, 1.54) is 11.8 Å². The van der Waals surface area contributed by atoms with E-state index in [2.05, 4.69) is 0 Å². The Balaban J connectivity index is 2.22. The quantitative estimate of drug-likeness (QED) is 0.838. The molecule has 4 nitrogen and oxygen atoms in total. The Morgan fingerprint density at radius 3 is 2.62 bits per heavy atom. The predicted octanol–water partition coefficient (Wildman–Crippen LogP) is 3.83. The minimum absolute atomic E-state index is 0.00345. The third-order valence-electron chi connectivity index (χ3n) is 3.45. The highest BCUT2D eigenvalue weighted by Crippen LogP contribution is 2.32. The molecule has 0 aromatic heterocycles. The van der Waals surface area contributed by atoms with Crippen LogP contribution in [0.15, 0.2) is 23.1 Å². The first-order valence-electron chi connectivity index (χ1n) is 7.32. The number of hydrogen-bond donors (Lipinski definition) is 1. The topological polar surface area (TPSA) is 55.8 Å². The van der Waals surface area contributed by atoms with Crippen molar-refractivity contribution in [2.45, 2.75) is 56.8 Å². The first kappa shape index (κ1) is 16.2. The van der Waals surface area contributed by atoms with Gasteiger partial charge in [0.1, 0.15) is 17.4 Å². The van der Waals surface area contributed by atoms with Gasteiger partial charge in [-0.05, 0) is 31.7 Å². The molecule has 0 amide bonds. The summed E-state index contributed by atoms with van der Waals surface area (Å²) in [5, 5.41) is 9.49. The van der Waals surface area contributed by atoms with E-state index in [0.29, 0.717) is 5.75 Å². The van der Waals surface area contributed by atoms with Gasteiger partial charge in [-0.2, -0.15) is 0 Å². The highest BCUT2D eigenvalue weighted by atomic mass is 32.2. The molecule has 5 heteroatoms. The van der Waals surface area contributed by atoms with Gasteiger partial charge in [0.25, 0.3) is 0 Å². The van der Waals surface area contributed by atoms with E-state index < -0.39 is 5.97 Å². The maximum Gasteiger partial charge on any atom is 0.340 e.